The van der Waals surface area contributed by atoms with Gasteiger partial charge in [-0.1, -0.05) is 24.3 Å². The fourth-order valence-corrected chi connectivity index (χ4v) is 2.14. The molecule has 2 aromatic rings. The highest BCUT2D eigenvalue weighted by molar-refractivity contribution is 6.05. The summed E-state index contributed by atoms with van der Waals surface area (Å²) in [6, 6.07) is 11.7. The van der Waals surface area contributed by atoms with E-state index in [4.69, 9.17) is 4.74 Å². The molecule has 1 aliphatic heterocycles. The van der Waals surface area contributed by atoms with E-state index in [0.717, 1.165) is 16.7 Å². The zero-order chi connectivity index (χ0) is 13.4. The zero-order valence-corrected chi connectivity index (χ0v) is 10.3. The molecule has 19 heavy (non-hydrogen) atoms. The third-order valence-electron chi connectivity index (χ3n) is 3.13. The van der Waals surface area contributed by atoms with Gasteiger partial charge in [-0.05, 0) is 42.3 Å². The number of carbonyl (C=O) groups excluding carboxylic acids is 1. The molecule has 0 saturated heterocycles. The molecule has 0 aliphatic carbocycles. The molecular formula is C16H11FO2. The van der Waals surface area contributed by atoms with Gasteiger partial charge in [0.1, 0.15) is 11.6 Å². The number of hydrogen-bond donors (Lipinski definition) is 0. The lowest BCUT2D eigenvalue weighted by Crippen LogP contribution is -1.92. The van der Waals surface area contributed by atoms with E-state index < -0.39 is 0 Å². The van der Waals surface area contributed by atoms with Gasteiger partial charge >= 0.3 is 5.97 Å². The van der Waals surface area contributed by atoms with Crippen LogP contribution in [0.1, 0.15) is 27.0 Å². The summed E-state index contributed by atoms with van der Waals surface area (Å²) in [7, 11) is 0. The number of carbonyl (C=O) groups is 1. The molecule has 3 rings (SSSR count). The third kappa shape index (κ3) is 2.03. The highest BCUT2D eigenvalue weighted by Gasteiger charge is 2.25. The minimum Gasteiger partial charge on any atom is -0.422 e. The first-order valence-electron chi connectivity index (χ1n) is 5.94. The highest BCUT2D eigenvalue weighted by atomic mass is 19.1. The van der Waals surface area contributed by atoms with E-state index in [1.165, 1.54) is 12.1 Å². The molecule has 2 nitrogen and oxygen atoms in total. The van der Waals surface area contributed by atoms with Crippen molar-refractivity contribution in [1.82, 2.24) is 0 Å². The third-order valence-corrected chi connectivity index (χ3v) is 3.13. The number of hydrogen-bond acceptors (Lipinski definition) is 2. The van der Waals surface area contributed by atoms with E-state index in [1.807, 2.05) is 19.1 Å². The quantitative estimate of drug-likeness (QED) is 0.723. The van der Waals surface area contributed by atoms with Crippen LogP contribution in [0.3, 0.4) is 0 Å². The first kappa shape index (κ1) is 11.7. The standard InChI is InChI=1S/C16H11FO2/c1-10-8-12(17)7-6-11(10)9-15-13-4-2-3-5-14(13)16(18)19-15/h2-9H,1H3. The number of esters is 1. The fourth-order valence-electron chi connectivity index (χ4n) is 2.14. The number of rotatable bonds is 1. The predicted molar refractivity (Wildman–Crippen MR) is 70.9 cm³/mol. The largest absolute Gasteiger partial charge is 0.422 e. The second-order valence-electron chi connectivity index (χ2n) is 4.44. The van der Waals surface area contributed by atoms with Crippen LogP contribution in [-0.4, -0.2) is 5.97 Å². The molecule has 0 aromatic heterocycles. The van der Waals surface area contributed by atoms with Crippen molar-refractivity contribution in [3.05, 3.63) is 70.5 Å². The number of aryl methyl sites for hydroxylation is 1. The molecule has 0 spiro atoms. The normalized spacial score (nSPS) is 15.5. The number of fused-ring (bicyclic) bond motifs is 1. The average Bonchev–Trinajstić information content (AvgIpc) is 2.71. The van der Waals surface area contributed by atoms with Crippen LogP contribution in [0, 0.1) is 12.7 Å². The van der Waals surface area contributed by atoms with Gasteiger partial charge in [-0.3, -0.25) is 0 Å². The fraction of sp³-hybridized carbons (Fsp3) is 0.0625. The number of halogens is 1. The Hall–Kier alpha value is -2.42. The number of cyclic esters (lactones) is 1. The van der Waals surface area contributed by atoms with Gasteiger partial charge in [0.05, 0.1) is 5.56 Å². The van der Waals surface area contributed by atoms with E-state index >= 15 is 0 Å². The molecule has 0 saturated carbocycles. The minimum atomic E-state index is -0.346. The minimum absolute atomic E-state index is 0.275. The first-order chi connectivity index (χ1) is 9.15. The Balaban J connectivity index is 2.09. The van der Waals surface area contributed by atoms with Crippen LogP contribution in [0.5, 0.6) is 0 Å². The smallest absolute Gasteiger partial charge is 0.344 e. The highest BCUT2D eigenvalue weighted by Crippen LogP contribution is 2.31. The Morgan fingerprint density at radius 3 is 2.58 bits per heavy atom. The van der Waals surface area contributed by atoms with Gasteiger partial charge in [-0.25, -0.2) is 9.18 Å². The molecule has 2 aromatic carbocycles. The van der Waals surface area contributed by atoms with Crippen LogP contribution >= 0.6 is 0 Å². The molecule has 1 heterocycles. The molecule has 0 N–H and O–H groups in total. The molecule has 0 amide bonds. The van der Waals surface area contributed by atoms with Crippen LogP contribution in [0.25, 0.3) is 11.8 Å². The maximum atomic E-state index is 13.1. The molecular weight excluding hydrogens is 243 g/mol. The molecule has 94 valence electrons. The van der Waals surface area contributed by atoms with Crippen LogP contribution in [0.4, 0.5) is 4.39 Å². The van der Waals surface area contributed by atoms with Crippen molar-refractivity contribution in [1.29, 1.82) is 0 Å². The molecule has 3 heteroatoms. The van der Waals surface area contributed by atoms with Gasteiger partial charge in [0.25, 0.3) is 0 Å². The van der Waals surface area contributed by atoms with Crippen molar-refractivity contribution in [3.63, 3.8) is 0 Å². The van der Waals surface area contributed by atoms with Gasteiger partial charge in [0, 0.05) is 5.56 Å². The summed E-state index contributed by atoms with van der Waals surface area (Å²) < 4.78 is 18.3. The summed E-state index contributed by atoms with van der Waals surface area (Å²) in [6.45, 7) is 1.82. The van der Waals surface area contributed by atoms with E-state index in [-0.39, 0.29) is 11.8 Å². The lowest BCUT2D eigenvalue weighted by atomic mass is 10.0. The van der Waals surface area contributed by atoms with Gasteiger partial charge < -0.3 is 4.74 Å². The Bertz CT molecular complexity index is 702. The van der Waals surface area contributed by atoms with Crippen molar-refractivity contribution >= 4 is 17.8 Å². The summed E-state index contributed by atoms with van der Waals surface area (Å²) >= 11 is 0. The summed E-state index contributed by atoms with van der Waals surface area (Å²) in [5.74, 6) is -0.111. The lowest BCUT2D eigenvalue weighted by molar-refractivity contribution is 0.0717. The van der Waals surface area contributed by atoms with Crippen LogP contribution in [-0.2, 0) is 4.74 Å². The van der Waals surface area contributed by atoms with Crippen molar-refractivity contribution in [3.8, 4) is 0 Å². The SMILES string of the molecule is Cc1cc(F)ccc1C=C1OC(=O)c2ccccc21. The van der Waals surface area contributed by atoms with Gasteiger partial charge in [0.2, 0.25) is 0 Å². The van der Waals surface area contributed by atoms with Crippen LogP contribution in [0.2, 0.25) is 0 Å². The molecule has 0 unspecified atom stereocenters. The maximum absolute atomic E-state index is 13.1. The maximum Gasteiger partial charge on any atom is 0.344 e. The Labute approximate surface area is 110 Å². The number of ether oxygens (including phenoxy) is 1. The first-order valence-corrected chi connectivity index (χ1v) is 5.94. The molecule has 0 radical (unpaired) electrons. The Kier molecular flexibility index (Phi) is 2.67. The van der Waals surface area contributed by atoms with Crippen molar-refractivity contribution in [2.24, 2.45) is 0 Å². The summed E-state index contributed by atoms with van der Waals surface area (Å²) in [5.41, 5.74) is 2.97. The van der Waals surface area contributed by atoms with Gasteiger partial charge in [-0.2, -0.15) is 0 Å². The summed E-state index contributed by atoms with van der Waals surface area (Å²) in [5, 5.41) is 0. The van der Waals surface area contributed by atoms with Gasteiger partial charge in [-0.15, -0.1) is 0 Å². The molecule has 0 bridgehead atoms. The van der Waals surface area contributed by atoms with E-state index in [9.17, 15) is 9.18 Å². The molecule has 0 atom stereocenters. The average molecular weight is 254 g/mol. The predicted octanol–water partition coefficient (Wildman–Crippen LogP) is 3.80. The monoisotopic (exact) mass is 254 g/mol. The van der Waals surface area contributed by atoms with Crippen molar-refractivity contribution in [2.75, 3.05) is 0 Å². The topological polar surface area (TPSA) is 26.3 Å². The number of benzene rings is 2. The van der Waals surface area contributed by atoms with Crippen molar-refractivity contribution < 1.29 is 13.9 Å². The van der Waals surface area contributed by atoms with E-state index in [1.54, 1.807) is 24.3 Å². The summed E-state index contributed by atoms with van der Waals surface area (Å²) in [6.07, 6.45) is 1.76. The zero-order valence-electron chi connectivity index (χ0n) is 10.3. The second kappa shape index (κ2) is 4.35. The van der Waals surface area contributed by atoms with E-state index in [0.29, 0.717) is 11.3 Å². The van der Waals surface area contributed by atoms with Gasteiger partial charge in [0.15, 0.2) is 0 Å². The lowest BCUT2D eigenvalue weighted by Gasteiger charge is -2.02. The second-order valence-corrected chi connectivity index (χ2v) is 4.44. The van der Waals surface area contributed by atoms with Crippen LogP contribution in [0.15, 0.2) is 42.5 Å². The molecule has 0 fully saturated rings. The molecule has 1 aliphatic rings. The Morgan fingerprint density at radius 1 is 1.11 bits per heavy atom. The van der Waals surface area contributed by atoms with Crippen molar-refractivity contribution in [2.45, 2.75) is 6.92 Å². The van der Waals surface area contributed by atoms with E-state index in [2.05, 4.69) is 0 Å². The van der Waals surface area contributed by atoms with Crippen LogP contribution < -0.4 is 0 Å². The Morgan fingerprint density at radius 2 is 1.84 bits per heavy atom. The summed E-state index contributed by atoms with van der Waals surface area (Å²) in [4.78, 5) is 11.7.